The number of pyridine rings is 1. The molecule has 0 unspecified atom stereocenters. The molecule has 132 valence electrons. The van der Waals surface area contributed by atoms with Gasteiger partial charge in [0.2, 0.25) is 0 Å². The largest absolute Gasteiger partial charge is 0.265 e. The van der Waals surface area contributed by atoms with Crippen molar-refractivity contribution in [3.05, 3.63) is 88.9 Å². The predicted octanol–water partition coefficient (Wildman–Crippen LogP) is 6.32. The van der Waals surface area contributed by atoms with Crippen LogP contribution in [0.2, 0.25) is 10.0 Å². The van der Waals surface area contributed by atoms with Crippen LogP contribution in [0.25, 0.3) is 33.9 Å². The van der Waals surface area contributed by atoms with Gasteiger partial charge in [-0.1, -0.05) is 41.4 Å². The zero-order valence-corrected chi connectivity index (χ0v) is 15.4. The zero-order chi connectivity index (χ0) is 18.8. The van der Waals surface area contributed by atoms with Crippen LogP contribution in [0, 0.1) is 5.82 Å². The normalized spacial score (nSPS) is 10.8. The van der Waals surface area contributed by atoms with Crippen molar-refractivity contribution in [2.24, 2.45) is 0 Å². The third-order valence-electron chi connectivity index (χ3n) is 4.00. The van der Waals surface area contributed by atoms with Crippen LogP contribution in [0.15, 0.2) is 73.1 Å². The van der Waals surface area contributed by atoms with Crippen molar-refractivity contribution in [1.82, 2.24) is 15.0 Å². The molecule has 2 heterocycles. The summed E-state index contributed by atoms with van der Waals surface area (Å²) in [7, 11) is 0. The molecule has 0 N–H and O–H groups in total. The monoisotopic (exact) mass is 395 g/mol. The van der Waals surface area contributed by atoms with Crippen LogP contribution in [-0.4, -0.2) is 15.0 Å². The van der Waals surface area contributed by atoms with Gasteiger partial charge in [0.1, 0.15) is 5.82 Å². The Bertz CT molecular complexity index is 1120. The number of rotatable bonds is 3. The summed E-state index contributed by atoms with van der Waals surface area (Å²) in [6.45, 7) is 0. The first-order valence-corrected chi connectivity index (χ1v) is 8.86. The third kappa shape index (κ3) is 3.82. The molecule has 0 fully saturated rings. The standard InChI is InChI=1S/C21H12Cl2FN3/c22-17-5-4-15(11-18(17)23)20-12-19(14-2-1-3-16(24)10-14)26-21(27-20)13-6-8-25-9-7-13/h1-12H. The van der Waals surface area contributed by atoms with E-state index in [4.69, 9.17) is 23.2 Å². The van der Waals surface area contributed by atoms with Crippen LogP contribution in [0.3, 0.4) is 0 Å². The van der Waals surface area contributed by atoms with E-state index in [2.05, 4.69) is 15.0 Å². The van der Waals surface area contributed by atoms with Gasteiger partial charge in [-0.15, -0.1) is 0 Å². The second-order valence-electron chi connectivity index (χ2n) is 5.84. The third-order valence-corrected chi connectivity index (χ3v) is 4.74. The van der Waals surface area contributed by atoms with Crippen molar-refractivity contribution in [3.8, 4) is 33.9 Å². The molecule has 0 amide bonds. The summed E-state index contributed by atoms with van der Waals surface area (Å²) in [5.41, 5.74) is 3.53. The Labute approximate surface area is 165 Å². The van der Waals surface area contributed by atoms with Gasteiger partial charge < -0.3 is 0 Å². The van der Waals surface area contributed by atoms with Crippen molar-refractivity contribution in [2.45, 2.75) is 0 Å². The van der Waals surface area contributed by atoms with Gasteiger partial charge in [-0.3, -0.25) is 4.98 Å². The fourth-order valence-corrected chi connectivity index (χ4v) is 2.97. The second kappa shape index (κ2) is 7.43. The molecule has 4 aromatic rings. The van der Waals surface area contributed by atoms with Crippen molar-refractivity contribution in [2.75, 3.05) is 0 Å². The van der Waals surface area contributed by atoms with Crippen molar-refractivity contribution >= 4 is 23.2 Å². The van der Waals surface area contributed by atoms with E-state index in [1.807, 2.05) is 18.2 Å². The number of hydrogen-bond donors (Lipinski definition) is 0. The average Bonchev–Trinajstić information content (AvgIpc) is 2.70. The van der Waals surface area contributed by atoms with E-state index in [1.165, 1.54) is 12.1 Å². The lowest BCUT2D eigenvalue weighted by molar-refractivity contribution is 0.628. The number of benzene rings is 2. The smallest absolute Gasteiger partial charge is 0.160 e. The maximum atomic E-state index is 13.7. The predicted molar refractivity (Wildman–Crippen MR) is 106 cm³/mol. The van der Waals surface area contributed by atoms with Gasteiger partial charge in [0.05, 0.1) is 21.4 Å². The van der Waals surface area contributed by atoms with Crippen LogP contribution in [0.1, 0.15) is 0 Å². The fraction of sp³-hybridized carbons (Fsp3) is 0. The molecule has 0 spiro atoms. The molecular formula is C21H12Cl2FN3. The summed E-state index contributed by atoms with van der Waals surface area (Å²) in [6, 6.07) is 17.0. The van der Waals surface area contributed by atoms with Gasteiger partial charge in [0.25, 0.3) is 0 Å². The van der Waals surface area contributed by atoms with Gasteiger partial charge in [-0.05, 0) is 42.5 Å². The molecule has 0 aliphatic rings. The Morgan fingerprint density at radius 1 is 0.667 bits per heavy atom. The molecular weight excluding hydrogens is 384 g/mol. The minimum atomic E-state index is -0.326. The van der Waals surface area contributed by atoms with E-state index >= 15 is 0 Å². The van der Waals surface area contributed by atoms with Crippen molar-refractivity contribution in [3.63, 3.8) is 0 Å². The first-order chi connectivity index (χ1) is 13.1. The molecule has 2 aromatic carbocycles. The zero-order valence-electron chi connectivity index (χ0n) is 13.9. The molecule has 6 heteroatoms. The minimum absolute atomic E-state index is 0.326. The number of aromatic nitrogens is 3. The molecule has 0 aliphatic heterocycles. The first-order valence-electron chi connectivity index (χ1n) is 8.11. The fourth-order valence-electron chi connectivity index (χ4n) is 2.68. The van der Waals surface area contributed by atoms with E-state index in [0.29, 0.717) is 32.8 Å². The Kier molecular flexibility index (Phi) is 4.84. The van der Waals surface area contributed by atoms with Crippen molar-refractivity contribution in [1.29, 1.82) is 0 Å². The van der Waals surface area contributed by atoms with E-state index in [9.17, 15) is 4.39 Å². The second-order valence-corrected chi connectivity index (χ2v) is 6.65. The summed E-state index contributed by atoms with van der Waals surface area (Å²) < 4.78 is 13.7. The molecule has 0 aliphatic carbocycles. The molecule has 0 bridgehead atoms. The van der Waals surface area contributed by atoms with E-state index < -0.39 is 0 Å². The molecule has 0 saturated heterocycles. The number of hydrogen-bond acceptors (Lipinski definition) is 3. The lowest BCUT2D eigenvalue weighted by atomic mass is 10.1. The Balaban J connectivity index is 1.92. The van der Waals surface area contributed by atoms with E-state index in [-0.39, 0.29) is 5.82 Å². The highest BCUT2D eigenvalue weighted by Crippen LogP contribution is 2.31. The van der Waals surface area contributed by atoms with Crippen LogP contribution in [0.5, 0.6) is 0 Å². The summed E-state index contributed by atoms with van der Waals surface area (Å²) >= 11 is 12.2. The average molecular weight is 396 g/mol. The maximum Gasteiger partial charge on any atom is 0.160 e. The van der Waals surface area contributed by atoms with Crippen molar-refractivity contribution < 1.29 is 4.39 Å². The van der Waals surface area contributed by atoms with Crippen LogP contribution in [-0.2, 0) is 0 Å². The summed E-state index contributed by atoms with van der Waals surface area (Å²) in [6.07, 6.45) is 3.35. The van der Waals surface area contributed by atoms with Crippen LogP contribution >= 0.6 is 23.2 Å². The molecule has 0 saturated carbocycles. The highest BCUT2D eigenvalue weighted by atomic mass is 35.5. The van der Waals surface area contributed by atoms with Crippen LogP contribution in [0.4, 0.5) is 4.39 Å². The molecule has 0 atom stereocenters. The van der Waals surface area contributed by atoms with Gasteiger partial charge in [0, 0.05) is 29.1 Å². The topological polar surface area (TPSA) is 38.7 Å². The molecule has 27 heavy (non-hydrogen) atoms. The Morgan fingerprint density at radius 3 is 2.04 bits per heavy atom. The van der Waals surface area contributed by atoms with E-state index in [0.717, 1.165) is 11.1 Å². The summed E-state index contributed by atoms with van der Waals surface area (Å²) in [5, 5.41) is 0.903. The van der Waals surface area contributed by atoms with Gasteiger partial charge >= 0.3 is 0 Å². The number of nitrogens with zero attached hydrogens (tertiary/aromatic N) is 3. The molecule has 0 radical (unpaired) electrons. The molecule has 4 rings (SSSR count). The molecule has 3 nitrogen and oxygen atoms in total. The van der Waals surface area contributed by atoms with Gasteiger partial charge in [-0.2, -0.15) is 0 Å². The van der Waals surface area contributed by atoms with Crippen LogP contribution < -0.4 is 0 Å². The lowest BCUT2D eigenvalue weighted by Crippen LogP contribution is -1.96. The SMILES string of the molecule is Fc1cccc(-c2cc(-c3ccc(Cl)c(Cl)c3)nc(-c3ccncc3)n2)c1. The maximum absolute atomic E-state index is 13.7. The molecule has 2 aromatic heterocycles. The van der Waals surface area contributed by atoms with Gasteiger partial charge in [-0.25, -0.2) is 14.4 Å². The Hall–Kier alpha value is -2.82. The highest BCUT2D eigenvalue weighted by Gasteiger charge is 2.12. The summed E-state index contributed by atoms with van der Waals surface area (Å²) in [4.78, 5) is 13.3. The summed E-state index contributed by atoms with van der Waals surface area (Å²) in [5.74, 6) is 0.188. The number of halogens is 3. The lowest BCUT2D eigenvalue weighted by Gasteiger charge is -2.10. The Morgan fingerprint density at radius 2 is 1.37 bits per heavy atom. The van der Waals surface area contributed by atoms with E-state index in [1.54, 1.807) is 42.7 Å². The first kappa shape index (κ1) is 17.6. The highest BCUT2D eigenvalue weighted by molar-refractivity contribution is 6.42. The van der Waals surface area contributed by atoms with Gasteiger partial charge in [0.15, 0.2) is 5.82 Å². The quantitative estimate of drug-likeness (QED) is 0.407. The minimum Gasteiger partial charge on any atom is -0.265 e.